The first kappa shape index (κ1) is 21.2. The Balaban J connectivity index is 1.46. The minimum absolute atomic E-state index is 0.189. The van der Waals surface area contributed by atoms with Crippen LogP contribution in [0.4, 0.5) is 4.79 Å². The lowest BCUT2D eigenvalue weighted by Gasteiger charge is -2.36. The molecule has 0 bridgehead atoms. The largest absolute Gasteiger partial charge is 0.465 e. The molecule has 1 N–H and O–H groups in total. The van der Waals surface area contributed by atoms with Crippen LogP contribution in [0.5, 0.6) is 0 Å². The van der Waals surface area contributed by atoms with Crippen LogP contribution in [0.2, 0.25) is 0 Å². The van der Waals surface area contributed by atoms with Crippen molar-refractivity contribution in [2.45, 2.75) is 25.0 Å². The third kappa shape index (κ3) is 3.31. The van der Waals surface area contributed by atoms with Crippen molar-refractivity contribution in [3.05, 3.63) is 107 Å². The van der Waals surface area contributed by atoms with Crippen LogP contribution in [-0.4, -0.2) is 45.8 Å². The van der Waals surface area contributed by atoms with Crippen molar-refractivity contribution in [1.29, 1.82) is 0 Å². The summed E-state index contributed by atoms with van der Waals surface area (Å²) in [5, 5.41) is 1.06. The van der Waals surface area contributed by atoms with Crippen molar-refractivity contribution in [2.24, 2.45) is 0 Å². The second kappa shape index (κ2) is 8.13. The Morgan fingerprint density at radius 3 is 2.43 bits per heavy atom. The van der Waals surface area contributed by atoms with Crippen LogP contribution in [0.3, 0.4) is 0 Å². The van der Waals surface area contributed by atoms with E-state index in [0.717, 1.165) is 33.3 Å². The molecule has 0 aliphatic carbocycles. The van der Waals surface area contributed by atoms with Crippen molar-refractivity contribution in [2.75, 3.05) is 7.11 Å². The lowest BCUT2D eigenvalue weighted by Crippen LogP contribution is -2.44. The highest BCUT2D eigenvalue weighted by Crippen LogP contribution is 2.44. The molecule has 3 aromatic carbocycles. The van der Waals surface area contributed by atoms with E-state index in [9.17, 15) is 14.4 Å². The van der Waals surface area contributed by atoms with E-state index in [1.165, 1.54) is 12.0 Å². The molecule has 4 aromatic rings. The van der Waals surface area contributed by atoms with Gasteiger partial charge in [0.05, 0.1) is 19.2 Å². The molecule has 1 fully saturated rings. The minimum atomic E-state index is -0.594. The fourth-order valence-corrected chi connectivity index (χ4v) is 5.31. The summed E-state index contributed by atoms with van der Waals surface area (Å²) in [6.45, 7) is 0.230. The van der Waals surface area contributed by atoms with Gasteiger partial charge in [-0.05, 0) is 34.9 Å². The van der Waals surface area contributed by atoms with Crippen LogP contribution in [0.1, 0.15) is 38.8 Å². The summed E-state index contributed by atoms with van der Waals surface area (Å²) in [6, 6.07) is 23.2. The van der Waals surface area contributed by atoms with Crippen LogP contribution in [0.15, 0.2) is 78.9 Å². The third-order valence-electron chi connectivity index (χ3n) is 6.97. The molecule has 3 heterocycles. The van der Waals surface area contributed by atoms with Gasteiger partial charge in [-0.1, -0.05) is 60.7 Å². The third-order valence-corrected chi connectivity index (χ3v) is 6.97. The van der Waals surface area contributed by atoms with Gasteiger partial charge in [0.1, 0.15) is 12.1 Å². The van der Waals surface area contributed by atoms with E-state index < -0.39 is 18.1 Å². The van der Waals surface area contributed by atoms with Gasteiger partial charge in [-0.25, -0.2) is 9.59 Å². The van der Waals surface area contributed by atoms with Crippen LogP contribution < -0.4 is 0 Å². The fourth-order valence-electron chi connectivity index (χ4n) is 5.31. The van der Waals surface area contributed by atoms with Gasteiger partial charge in [0.15, 0.2) is 0 Å². The first-order valence-electron chi connectivity index (χ1n) is 11.5. The quantitative estimate of drug-likeness (QED) is 0.357. The normalized spacial score (nSPS) is 19.1. The number of aromatic nitrogens is 1. The number of ether oxygens (including phenoxy) is 1. The predicted molar refractivity (Wildman–Crippen MR) is 130 cm³/mol. The highest BCUT2D eigenvalue weighted by atomic mass is 16.5. The highest BCUT2D eigenvalue weighted by molar-refractivity contribution is 6.05. The molecule has 1 saturated heterocycles. The van der Waals surface area contributed by atoms with Crippen molar-refractivity contribution >= 4 is 28.8 Å². The van der Waals surface area contributed by atoms with Gasteiger partial charge >= 0.3 is 12.0 Å². The number of imide groups is 1. The smallest absolute Gasteiger partial charge is 0.337 e. The molecule has 1 aromatic heterocycles. The number of hydrogen-bond donors (Lipinski definition) is 1. The Morgan fingerprint density at radius 1 is 0.971 bits per heavy atom. The number of carbonyl (C=O) groups is 3. The second-order valence-corrected chi connectivity index (χ2v) is 8.90. The Kier molecular flexibility index (Phi) is 4.91. The Labute approximate surface area is 201 Å². The van der Waals surface area contributed by atoms with Crippen LogP contribution in [0.25, 0.3) is 10.9 Å². The number of nitrogens with zero attached hydrogens (tertiary/aromatic N) is 2. The number of rotatable bonds is 4. The number of nitrogens with one attached hydrogen (secondary N) is 1. The molecule has 0 spiro atoms. The van der Waals surface area contributed by atoms with E-state index in [2.05, 4.69) is 4.98 Å². The number of amides is 3. The molecule has 6 rings (SSSR count). The molecular weight excluding hydrogens is 442 g/mol. The molecule has 0 saturated carbocycles. The number of aromatic amines is 1. The van der Waals surface area contributed by atoms with Crippen LogP contribution in [-0.2, 0) is 22.5 Å². The van der Waals surface area contributed by atoms with E-state index in [1.807, 2.05) is 66.7 Å². The molecule has 2 aliphatic rings. The van der Waals surface area contributed by atoms with E-state index >= 15 is 0 Å². The van der Waals surface area contributed by atoms with Gasteiger partial charge in [0.2, 0.25) is 0 Å². The molecule has 0 radical (unpaired) electrons. The number of esters is 1. The molecule has 3 amide bonds. The van der Waals surface area contributed by atoms with Crippen LogP contribution >= 0.6 is 0 Å². The number of hydrogen-bond acceptors (Lipinski definition) is 4. The van der Waals surface area contributed by atoms with E-state index in [0.29, 0.717) is 12.0 Å². The Bertz CT molecular complexity index is 1460. The monoisotopic (exact) mass is 465 g/mol. The SMILES string of the molecule is COC(=O)c1ccc(C2c3[nH]c4ccccc4c3C[C@@H]3C(=O)N(Cc4ccccc4)C(=O)N23)cc1. The first-order valence-corrected chi connectivity index (χ1v) is 11.5. The molecular formula is C28H23N3O4. The van der Waals surface area contributed by atoms with Gasteiger partial charge in [0.25, 0.3) is 5.91 Å². The second-order valence-electron chi connectivity index (χ2n) is 8.90. The molecule has 2 aliphatic heterocycles. The number of para-hydroxylation sites is 1. The van der Waals surface area contributed by atoms with Gasteiger partial charge in [-0.3, -0.25) is 14.6 Å². The average molecular weight is 466 g/mol. The van der Waals surface area contributed by atoms with Crippen LogP contribution in [0, 0.1) is 0 Å². The van der Waals surface area contributed by atoms with Gasteiger partial charge in [-0.15, -0.1) is 0 Å². The summed E-state index contributed by atoms with van der Waals surface area (Å²) in [4.78, 5) is 45.8. The van der Waals surface area contributed by atoms with E-state index in [-0.39, 0.29) is 18.5 Å². The summed E-state index contributed by atoms with van der Waals surface area (Å²) in [5.41, 5.74) is 5.06. The van der Waals surface area contributed by atoms with Gasteiger partial charge in [0, 0.05) is 23.0 Å². The maximum Gasteiger partial charge on any atom is 0.337 e. The number of methoxy groups -OCH3 is 1. The van der Waals surface area contributed by atoms with Crippen molar-refractivity contribution < 1.29 is 19.1 Å². The topological polar surface area (TPSA) is 82.7 Å². The molecule has 35 heavy (non-hydrogen) atoms. The highest BCUT2D eigenvalue weighted by Gasteiger charge is 2.52. The predicted octanol–water partition coefficient (Wildman–Crippen LogP) is 4.43. The zero-order valence-electron chi connectivity index (χ0n) is 19.1. The summed E-state index contributed by atoms with van der Waals surface area (Å²) in [7, 11) is 1.34. The Hall–Kier alpha value is -4.39. The standard InChI is InChI=1S/C28H23N3O4/c1-35-27(33)19-13-11-18(12-14-19)25-24-21(20-9-5-6-10-22(20)29-24)15-23-26(32)30(28(34)31(23)25)16-17-7-3-2-4-8-17/h2-14,23,25,29H,15-16H2,1H3/t23-,25?/m1/s1. The number of H-pyrrole nitrogens is 1. The van der Waals surface area contributed by atoms with Gasteiger partial charge in [-0.2, -0.15) is 0 Å². The number of carbonyl (C=O) groups excluding carboxylic acids is 3. The molecule has 2 atom stereocenters. The first-order chi connectivity index (χ1) is 17.1. The molecule has 174 valence electrons. The number of urea groups is 1. The summed E-state index contributed by atoms with van der Waals surface area (Å²) >= 11 is 0. The lowest BCUT2D eigenvalue weighted by molar-refractivity contribution is -0.129. The van der Waals surface area contributed by atoms with Crippen molar-refractivity contribution in [3.63, 3.8) is 0 Å². The van der Waals surface area contributed by atoms with E-state index in [1.54, 1.807) is 17.0 Å². The number of benzene rings is 3. The van der Waals surface area contributed by atoms with Crippen molar-refractivity contribution in [3.8, 4) is 0 Å². The summed E-state index contributed by atoms with van der Waals surface area (Å²) in [6.07, 6.45) is 0.450. The Morgan fingerprint density at radius 2 is 1.69 bits per heavy atom. The molecule has 7 nitrogen and oxygen atoms in total. The van der Waals surface area contributed by atoms with Gasteiger partial charge < -0.3 is 9.72 Å². The summed E-state index contributed by atoms with van der Waals surface area (Å²) in [5.74, 6) is -0.614. The zero-order chi connectivity index (χ0) is 24.1. The maximum absolute atomic E-state index is 13.7. The summed E-state index contributed by atoms with van der Waals surface area (Å²) < 4.78 is 4.83. The lowest BCUT2D eigenvalue weighted by atomic mass is 9.88. The van der Waals surface area contributed by atoms with Crippen molar-refractivity contribution in [1.82, 2.24) is 14.8 Å². The zero-order valence-corrected chi connectivity index (χ0v) is 19.1. The molecule has 1 unspecified atom stereocenters. The maximum atomic E-state index is 13.7. The molecule has 7 heteroatoms. The average Bonchev–Trinajstić information content (AvgIpc) is 3.38. The minimum Gasteiger partial charge on any atom is -0.465 e. The number of fused-ring (bicyclic) bond motifs is 4. The van der Waals surface area contributed by atoms with E-state index in [4.69, 9.17) is 4.74 Å². The fraction of sp³-hybridized carbons (Fsp3) is 0.179.